The summed E-state index contributed by atoms with van der Waals surface area (Å²) in [6, 6.07) is 5.98. The number of hydrogen-bond acceptors (Lipinski definition) is 6. The van der Waals surface area contributed by atoms with Gasteiger partial charge in [0, 0.05) is 30.1 Å². The lowest BCUT2D eigenvalue weighted by atomic mass is 9.98. The Labute approximate surface area is 175 Å². The SMILES string of the molecule is COc1ccc(-c2nc(CC(=O)N3CC4CCC(N)C4C3)cs2)cc1OC.Cl. The zero-order chi connectivity index (χ0) is 19.0. The van der Waals surface area contributed by atoms with Crippen LogP contribution < -0.4 is 15.2 Å². The summed E-state index contributed by atoms with van der Waals surface area (Å²) < 4.78 is 10.6. The fourth-order valence-corrected chi connectivity index (χ4v) is 5.08. The first-order valence-corrected chi connectivity index (χ1v) is 10.2. The summed E-state index contributed by atoms with van der Waals surface area (Å²) in [5.74, 6) is 2.57. The Hall–Kier alpha value is -1.83. The van der Waals surface area contributed by atoms with Crippen molar-refractivity contribution >= 4 is 29.7 Å². The van der Waals surface area contributed by atoms with E-state index in [1.54, 1.807) is 14.2 Å². The van der Waals surface area contributed by atoms with Gasteiger partial charge in [-0.25, -0.2) is 4.98 Å². The summed E-state index contributed by atoms with van der Waals surface area (Å²) in [6.45, 7) is 1.65. The molecule has 1 saturated heterocycles. The summed E-state index contributed by atoms with van der Waals surface area (Å²) in [5, 5.41) is 2.84. The van der Waals surface area contributed by atoms with Crippen LogP contribution in [0.5, 0.6) is 11.5 Å². The Kier molecular flexibility index (Phi) is 6.47. The number of halogens is 1. The molecule has 6 nitrogen and oxygen atoms in total. The van der Waals surface area contributed by atoms with Crippen molar-refractivity contribution in [2.24, 2.45) is 17.6 Å². The van der Waals surface area contributed by atoms with Crippen LogP contribution >= 0.6 is 23.7 Å². The number of amides is 1. The van der Waals surface area contributed by atoms with Gasteiger partial charge in [-0.05, 0) is 42.9 Å². The van der Waals surface area contributed by atoms with Crippen LogP contribution in [0.2, 0.25) is 0 Å². The molecule has 2 aliphatic rings. The van der Waals surface area contributed by atoms with Crippen molar-refractivity contribution in [3.8, 4) is 22.1 Å². The molecule has 2 heterocycles. The number of methoxy groups -OCH3 is 2. The van der Waals surface area contributed by atoms with Crippen LogP contribution in [0.25, 0.3) is 10.6 Å². The highest BCUT2D eigenvalue weighted by atomic mass is 35.5. The first-order valence-electron chi connectivity index (χ1n) is 9.29. The molecule has 2 N–H and O–H groups in total. The summed E-state index contributed by atoms with van der Waals surface area (Å²) in [6.07, 6.45) is 2.59. The summed E-state index contributed by atoms with van der Waals surface area (Å²) >= 11 is 1.54. The van der Waals surface area contributed by atoms with Gasteiger partial charge in [-0.15, -0.1) is 23.7 Å². The monoisotopic (exact) mass is 423 g/mol. The van der Waals surface area contributed by atoms with E-state index >= 15 is 0 Å². The van der Waals surface area contributed by atoms with Crippen molar-refractivity contribution in [2.45, 2.75) is 25.3 Å². The van der Waals surface area contributed by atoms with Gasteiger partial charge in [0.05, 0.1) is 26.3 Å². The Bertz CT molecular complexity index is 844. The quantitative estimate of drug-likeness (QED) is 0.799. The number of nitrogens with zero attached hydrogens (tertiary/aromatic N) is 2. The van der Waals surface area contributed by atoms with Crippen molar-refractivity contribution in [3.63, 3.8) is 0 Å². The molecule has 1 aliphatic carbocycles. The van der Waals surface area contributed by atoms with Crippen LogP contribution in [0.15, 0.2) is 23.6 Å². The molecule has 0 bridgehead atoms. The molecular formula is C20H26ClN3O3S. The minimum absolute atomic E-state index is 0. The Morgan fingerprint density at radius 1 is 1.25 bits per heavy atom. The lowest BCUT2D eigenvalue weighted by molar-refractivity contribution is -0.129. The maximum atomic E-state index is 12.7. The fourth-order valence-electron chi connectivity index (χ4n) is 4.27. The number of hydrogen-bond donors (Lipinski definition) is 1. The highest BCUT2D eigenvalue weighted by Gasteiger charge is 2.42. The van der Waals surface area contributed by atoms with Crippen LogP contribution in [0.4, 0.5) is 0 Å². The van der Waals surface area contributed by atoms with Gasteiger partial charge in [0.1, 0.15) is 5.01 Å². The average Bonchev–Trinajstić information content (AvgIpc) is 3.39. The third-order valence-corrected chi connectivity index (χ3v) is 6.72. The van der Waals surface area contributed by atoms with Crippen LogP contribution in [0, 0.1) is 11.8 Å². The molecule has 8 heteroatoms. The second-order valence-electron chi connectivity index (χ2n) is 7.35. The smallest absolute Gasteiger partial charge is 0.228 e. The first kappa shape index (κ1) is 20.9. The van der Waals surface area contributed by atoms with Gasteiger partial charge in [-0.1, -0.05) is 0 Å². The lowest BCUT2D eigenvalue weighted by Gasteiger charge is -2.18. The van der Waals surface area contributed by atoms with Crippen molar-refractivity contribution in [1.29, 1.82) is 0 Å². The molecule has 3 unspecified atom stereocenters. The van der Waals surface area contributed by atoms with E-state index in [1.165, 1.54) is 11.3 Å². The Morgan fingerprint density at radius 2 is 2.04 bits per heavy atom. The summed E-state index contributed by atoms with van der Waals surface area (Å²) in [4.78, 5) is 19.3. The molecule has 4 rings (SSSR count). The molecule has 1 amide bonds. The minimum atomic E-state index is 0. The second-order valence-corrected chi connectivity index (χ2v) is 8.21. The van der Waals surface area contributed by atoms with Gasteiger partial charge in [-0.2, -0.15) is 0 Å². The predicted octanol–water partition coefficient (Wildman–Crippen LogP) is 2.99. The molecule has 2 fully saturated rings. The van der Waals surface area contributed by atoms with Crippen molar-refractivity contribution in [1.82, 2.24) is 9.88 Å². The third-order valence-electron chi connectivity index (χ3n) is 5.78. The van der Waals surface area contributed by atoms with E-state index in [-0.39, 0.29) is 24.4 Å². The number of rotatable bonds is 5. The molecule has 1 aliphatic heterocycles. The number of ether oxygens (including phenoxy) is 2. The minimum Gasteiger partial charge on any atom is -0.493 e. The Morgan fingerprint density at radius 3 is 2.75 bits per heavy atom. The van der Waals surface area contributed by atoms with E-state index in [9.17, 15) is 4.79 Å². The van der Waals surface area contributed by atoms with Crippen LogP contribution in [0.1, 0.15) is 18.5 Å². The predicted molar refractivity (Wildman–Crippen MR) is 112 cm³/mol. The maximum Gasteiger partial charge on any atom is 0.228 e. The van der Waals surface area contributed by atoms with Crippen molar-refractivity contribution in [3.05, 3.63) is 29.3 Å². The highest BCUT2D eigenvalue weighted by molar-refractivity contribution is 7.13. The number of carbonyl (C=O) groups is 1. The van der Waals surface area contributed by atoms with E-state index in [2.05, 4.69) is 4.98 Å². The zero-order valence-electron chi connectivity index (χ0n) is 16.1. The molecule has 0 spiro atoms. The molecule has 1 aromatic heterocycles. The molecule has 1 saturated carbocycles. The number of likely N-dealkylation sites (tertiary alicyclic amines) is 1. The van der Waals surface area contributed by atoms with E-state index in [4.69, 9.17) is 15.2 Å². The lowest BCUT2D eigenvalue weighted by Crippen LogP contribution is -2.34. The maximum absolute atomic E-state index is 12.7. The number of nitrogens with two attached hydrogens (primary N) is 1. The van der Waals surface area contributed by atoms with Crippen LogP contribution in [-0.2, 0) is 11.2 Å². The molecule has 28 heavy (non-hydrogen) atoms. The normalized spacial score (nSPS) is 23.2. The van der Waals surface area contributed by atoms with E-state index < -0.39 is 0 Å². The number of aromatic nitrogens is 1. The fraction of sp³-hybridized carbons (Fsp3) is 0.500. The standard InChI is InChI=1S/C20H25N3O3S.ClH/c1-25-17-6-4-12(7-18(17)26-2)20-22-14(11-27-20)8-19(24)23-9-13-3-5-16(21)15(13)10-23;/h4,6-7,11,13,15-16H,3,5,8-10,21H2,1-2H3;1H. The average molecular weight is 424 g/mol. The third kappa shape index (κ3) is 3.97. The highest BCUT2D eigenvalue weighted by Crippen LogP contribution is 2.37. The summed E-state index contributed by atoms with van der Waals surface area (Å²) in [7, 11) is 3.23. The largest absolute Gasteiger partial charge is 0.493 e. The van der Waals surface area contributed by atoms with Gasteiger partial charge in [-0.3, -0.25) is 4.79 Å². The molecule has 3 atom stereocenters. The molecular weight excluding hydrogens is 398 g/mol. The van der Waals surface area contributed by atoms with Crippen LogP contribution in [0.3, 0.4) is 0 Å². The summed E-state index contributed by atoms with van der Waals surface area (Å²) in [5.41, 5.74) is 7.95. The van der Waals surface area contributed by atoms with Gasteiger partial charge in [0.15, 0.2) is 11.5 Å². The van der Waals surface area contributed by atoms with Crippen molar-refractivity contribution < 1.29 is 14.3 Å². The first-order chi connectivity index (χ1) is 13.1. The number of thiazole rings is 1. The van der Waals surface area contributed by atoms with E-state index in [1.807, 2.05) is 28.5 Å². The molecule has 0 radical (unpaired) electrons. The van der Waals surface area contributed by atoms with Gasteiger partial charge < -0.3 is 20.1 Å². The molecule has 152 valence electrons. The van der Waals surface area contributed by atoms with Gasteiger partial charge in [0.25, 0.3) is 0 Å². The number of carbonyl (C=O) groups excluding carboxylic acids is 1. The van der Waals surface area contributed by atoms with E-state index in [0.29, 0.717) is 29.8 Å². The number of benzene rings is 1. The van der Waals surface area contributed by atoms with Gasteiger partial charge in [0.2, 0.25) is 5.91 Å². The topological polar surface area (TPSA) is 77.7 Å². The van der Waals surface area contributed by atoms with Crippen LogP contribution in [-0.4, -0.2) is 49.1 Å². The van der Waals surface area contributed by atoms with Crippen molar-refractivity contribution in [2.75, 3.05) is 27.3 Å². The second kappa shape index (κ2) is 8.68. The van der Waals surface area contributed by atoms with E-state index in [0.717, 1.165) is 42.2 Å². The Balaban J connectivity index is 0.00000225. The molecule has 1 aromatic carbocycles. The van der Waals surface area contributed by atoms with Gasteiger partial charge >= 0.3 is 0 Å². The molecule has 2 aromatic rings. The number of fused-ring (bicyclic) bond motifs is 1. The zero-order valence-corrected chi connectivity index (χ0v) is 17.7.